The van der Waals surface area contributed by atoms with E-state index in [1.54, 1.807) is 0 Å². The number of nitrogens with zero attached hydrogens (tertiary/aromatic N) is 1. The Balaban J connectivity index is 4.15. The highest BCUT2D eigenvalue weighted by atomic mass is 16.7. The molecule has 0 saturated carbocycles. The maximum atomic E-state index is 13.0. The van der Waals surface area contributed by atoms with Gasteiger partial charge in [-0.05, 0) is 89.9 Å². The molecule has 0 heterocycles. The second-order valence-electron chi connectivity index (χ2n) is 26.6. The molecule has 2 unspecified atom stereocenters. The fourth-order valence-electron chi connectivity index (χ4n) is 10.7. The Kier molecular flexibility index (Phi) is 69.1. The molecule has 0 amide bonds. The van der Waals surface area contributed by atoms with E-state index >= 15 is 0 Å². The highest BCUT2D eigenvalue weighted by Crippen LogP contribution is 2.18. The summed E-state index contributed by atoms with van der Waals surface area (Å²) in [5.41, 5.74) is 0. The van der Waals surface area contributed by atoms with Crippen LogP contribution in [0.4, 0.5) is 0 Å². The van der Waals surface area contributed by atoms with Gasteiger partial charge in [0.1, 0.15) is 13.2 Å². The molecule has 0 aliphatic heterocycles. The Labute approximate surface area is 567 Å². The second kappa shape index (κ2) is 72.5. The number of allylic oxidation sites excluding steroid dienone is 20. The first kappa shape index (κ1) is 87.7. The Morgan fingerprint density at radius 3 is 0.924 bits per heavy atom. The number of rotatable bonds is 70. The summed E-state index contributed by atoms with van der Waals surface area (Å²) in [5, 5.41) is 9.76. The third kappa shape index (κ3) is 73.1. The number of aliphatic carboxylic acids is 1. The number of hydrogen-bond donors (Lipinski definition) is 1. The largest absolute Gasteiger partial charge is 0.477 e. The minimum absolute atomic E-state index is 0.178. The molecule has 0 aliphatic carbocycles. The minimum atomic E-state index is -1.53. The quantitative estimate of drug-likeness (QED) is 0.0211. The van der Waals surface area contributed by atoms with Crippen LogP contribution in [0, 0.1) is 0 Å². The number of esters is 2. The first-order valence-electron chi connectivity index (χ1n) is 38.2. The van der Waals surface area contributed by atoms with Crippen molar-refractivity contribution in [1.29, 1.82) is 0 Å². The molecule has 0 aliphatic rings. The predicted octanol–water partition coefficient (Wildman–Crippen LogP) is 24.3. The summed E-state index contributed by atoms with van der Waals surface area (Å²) in [6.45, 7) is 4.76. The number of carboxylic acids is 1. The number of ether oxygens (including phenoxy) is 4. The summed E-state index contributed by atoms with van der Waals surface area (Å²) < 4.78 is 23.0. The smallest absolute Gasteiger partial charge is 0.361 e. The third-order valence-corrected chi connectivity index (χ3v) is 16.5. The van der Waals surface area contributed by atoms with Crippen LogP contribution in [-0.2, 0) is 33.3 Å². The summed E-state index contributed by atoms with van der Waals surface area (Å²) in [7, 11) is 5.97. The van der Waals surface area contributed by atoms with Gasteiger partial charge < -0.3 is 28.5 Å². The fourth-order valence-corrected chi connectivity index (χ4v) is 10.7. The Morgan fingerprint density at radius 2 is 0.620 bits per heavy atom. The van der Waals surface area contributed by atoms with E-state index in [9.17, 15) is 19.5 Å². The highest BCUT2D eigenvalue weighted by molar-refractivity contribution is 5.71. The number of quaternary nitrogens is 1. The summed E-state index contributed by atoms with van der Waals surface area (Å²) in [6, 6.07) is 0. The van der Waals surface area contributed by atoms with E-state index in [-0.39, 0.29) is 32.2 Å². The molecule has 0 bridgehead atoms. The molecule has 9 nitrogen and oxygen atoms in total. The zero-order valence-electron chi connectivity index (χ0n) is 60.4. The number of carboxylic acid groups (broad SMARTS) is 1. The van der Waals surface area contributed by atoms with Crippen LogP contribution in [0.5, 0.6) is 0 Å². The molecule has 0 rings (SSSR count). The molecular formula is C83H144NO8+. The van der Waals surface area contributed by atoms with Gasteiger partial charge in [-0.25, -0.2) is 4.79 Å². The van der Waals surface area contributed by atoms with E-state index in [2.05, 4.69) is 135 Å². The van der Waals surface area contributed by atoms with Crippen molar-refractivity contribution in [2.24, 2.45) is 0 Å². The van der Waals surface area contributed by atoms with Gasteiger partial charge >= 0.3 is 17.9 Å². The molecule has 0 aromatic rings. The fraction of sp³-hybridized carbons (Fsp3) is 0.723. The van der Waals surface area contributed by atoms with E-state index in [0.29, 0.717) is 23.9 Å². The minimum Gasteiger partial charge on any atom is -0.477 e. The lowest BCUT2D eigenvalue weighted by molar-refractivity contribution is -0.870. The van der Waals surface area contributed by atoms with Crippen molar-refractivity contribution >= 4 is 17.9 Å². The molecule has 2 atom stereocenters. The van der Waals surface area contributed by atoms with Gasteiger partial charge in [0.05, 0.1) is 34.4 Å². The van der Waals surface area contributed by atoms with Crippen LogP contribution in [0.1, 0.15) is 328 Å². The van der Waals surface area contributed by atoms with Crippen molar-refractivity contribution in [2.45, 2.75) is 341 Å². The van der Waals surface area contributed by atoms with E-state index in [4.69, 9.17) is 18.9 Å². The maximum Gasteiger partial charge on any atom is 0.361 e. The van der Waals surface area contributed by atoms with Crippen LogP contribution < -0.4 is 0 Å². The van der Waals surface area contributed by atoms with Crippen molar-refractivity contribution in [3.63, 3.8) is 0 Å². The third-order valence-electron chi connectivity index (χ3n) is 16.5. The molecule has 1 N–H and O–H groups in total. The number of likely N-dealkylation sites (N-methyl/N-ethyl adjacent to an activating group) is 1. The molecule has 0 radical (unpaired) electrons. The topological polar surface area (TPSA) is 108 Å². The van der Waals surface area contributed by atoms with Crippen LogP contribution in [0.25, 0.3) is 0 Å². The Bertz CT molecular complexity index is 1930. The number of carbonyl (C=O) groups excluding carboxylic acids is 2. The number of hydrogen-bond acceptors (Lipinski definition) is 7. The first-order chi connectivity index (χ1) is 45.1. The van der Waals surface area contributed by atoms with E-state index in [1.165, 1.54) is 186 Å². The molecular weight excluding hydrogens is 1140 g/mol. The van der Waals surface area contributed by atoms with Gasteiger partial charge in [-0.1, -0.05) is 347 Å². The molecule has 0 aromatic heterocycles. The van der Waals surface area contributed by atoms with Crippen LogP contribution in [0.3, 0.4) is 0 Å². The lowest BCUT2D eigenvalue weighted by atomic mass is 10.0. The Hall–Kier alpha value is -4.31. The van der Waals surface area contributed by atoms with Crippen LogP contribution in [-0.4, -0.2) is 87.4 Å². The standard InChI is InChI=1S/C83H143NO8/c1-6-8-10-12-14-16-18-20-22-24-26-28-30-32-34-36-38-40-41-42-44-46-48-50-52-54-56-58-60-62-64-66-68-70-72-74-81(86)92-79(78-91-83(82(87)88)89-76-75-84(3,4)5)77-90-80(85)73-71-69-67-65-63-61-59-57-55-53-51-49-47-45-43-39-37-35-33-31-29-27-25-23-21-19-17-15-13-11-9-7-2/h8,10,14,16,20,22,26,28,32,34,38,40,42,44,48,50,54,56,60,62,79,83H,6-7,9,11-13,15,17-19,21,23-25,27,29-31,33,35-37,39,41,43,45-47,49,51-53,55,57-59,61,63-78H2,1-5H3/p+1/b10-8-,16-14-,22-20-,28-26-,34-32-,40-38-,44-42-,50-48-,56-54-,62-60-. The van der Waals surface area contributed by atoms with Gasteiger partial charge in [0, 0.05) is 12.8 Å². The van der Waals surface area contributed by atoms with E-state index in [1.807, 2.05) is 21.1 Å². The van der Waals surface area contributed by atoms with Gasteiger partial charge in [0.2, 0.25) is 0 Å². The van der Waals surface area contributed by atoms with Crippen molar-refractivity contribution in [3.8, 4) is 0 Å². The maximum absolute atomic E-state index is 13.0. The van der Waals surface area contributed by atoms with Crippen molar-refractivity contribution in [3.05, 3.63) is 122 Å². The molecule has 92 heavy (non-hydrogen) atoms. The van der Waals surface area contributed by atoms with Gasteiger partial charge in [0.15, 0.2) is 6.10 Å². The van der Waals surface area contributed by atoms with Gasteiger partial charge in [-0.15, -0.1) is 0 Å². The van der Waals surface area contributed by atoms with Crippen LogP contribution in [0.2, 0.25) is 0 Å². The van der Waals surface area contributed by atoms with Crippen LogP contribution >= 0.6 is 0 Å². The normalized spacial score (nSPS) is 13.4. The summed E-state index contributed by atoms with van der Waals surface area (Å²) >= 11 is 0. The van der Waals surface area contributed by atoms with Crippen molar-refractivity contribution < 1.29 is 42.9 Å². The number of carbonyl (C=O) groups is 3. The van der Waals surface area contributed by atoms with Crippen LogP contribution in [0.15, 0.2) is 122 Å². The molecule has 0 saturated heterocycles. The lowest BCUT2D eigenvalue weighted by Gasteiger charge is -2.25. The SMILES string of the molecule is CC/C=C\C/C=C\C/C=C\C/C=C\C/C=C\C/C=C\C/C=C\C/C=C\C/C=C\C/C=C\CCCCCCC(=O)OC(COC(=O)CCCCCCCCCCCCCCCCCCCCCCCCCCCCCCCCCC)COC(OCC[N+](C)(C)C)C(=O)O. The zero-order valence-corrected chi connectivity index (χ0v) is 60.4. The monoisotopic (exact) mass is 1280 g/mol. The average molecular weight is 1280 g/mol. The molecule has 0 aromatic carbocycles. The second-order valence-corrected chi connectivity index (χ2v) is 26.6. The molecule has 0 fully saturated rings. The molecule has 9 heteroatoms. The summed E-state index contributed by atoms with van der Waals surface area (Å²) in [4.78, 5) is 37.7. The highest BCUT2D eigenvalue weighted by Gasteiger charge is 2.25. The molecule has 528 valence electrons. The summed E-state index contributed by atoms with van der Waals surface area (Å²) in [5.74, 6) is -2.04. The lowest BCUT2D eigenvalue weighted by Crippen LogP contribution is -2.40. The average Bonchev–Trinajstić information content (AvgIpc) is 3.70. The Morgan fingerprint density at radius 1 is 0.337 bits per heavy atom. The van der Waals surface area contributed by atoms with Crippen molar-refractivity contribution in [2.75, 3.05) is 47.5 Å². The molecule has 0 spiro atoms. The number of unbranched alkanes of at least 4 members (excludes halogenated alkanes) is 35. The van der Waals surface area contributed by atoms with Gasteiger partial charge in [0.25, 0.3) is 6.29 Å². The van der Waals surface area contributed by atoms with Gasteiger partial charge in [-0.2, -0.15) is 0 Å². The van der Waals surface area contributed by atoms with E-state index in [0.717, 1.165) is 109 Å². The van der Waals surface area contributed by atoms with Gasteiger partial charge in [-0.3, -0.25) is 9.59 Å². The summed E-state index contributed by atoms with van der Waals surface area (Å²) in [6.07, 6.45) is 101. The zero-order chi connectivity index (χ0) is 66.8. The van der Waals surface area contributed by atoms with Crippen molar-refractivity contribution in [1.82, 2.24) is 0 Å². The predicted molar refractivity (Wildman–Crippen MR) is 396 cm³/mol. The van der Waals surface area contributed by atoms with E-state index < -0.39 is 24.3 Å². The first-order valence-corrected chi connectivity index (χ1v) is 38.2.